The van der Waals surface area contributed by atoms with E-state index in [-0.39, 0.29) is 17.2 Å². The minimum absolute atomic E-state index is 0.0112. The monoisotopic (exact) mass is 353 g/mol. The topological polar surface area (TPSA) is 29.1 Å². The maximum atomic E-state index is 13.3. The molecule has 1 N–H and O–H groups in total. The maximum Gasteiger partial charge on any atom is 0.162 e. The van der Waals surface area contributed by atoms with Crippen molar-refractivity contribution in [2.24, 2.45) is 5.41 Å². The molecule has 0 radical (unpaired) electrons. The molecule has 3 aromatic rings. The molecule has 134 valence electrons. The smallest absolute Gasteiger partial charge is 0.162 e. The Balaban J connectivity index is 1.82. The number of anilines is 1. The molecule has 0 saturated carbocycles. The third-order valence-corrected chi connectivity index (χ3v) is 5.87. The molecule has 0 aromatic heterocycles. The molecule has 0 fully saturated rings. The van der Waals surface area contributed by atoms with E-state index in [4.69, 9.17) is 0 Å². The first-order valence-electron chi connectivity index (χ1n) is 9.63. The highest BCUT2D eigenvalue weighted by Crippen LogP contribution is 2.51. The molecule has 0 amide bonds. The van der Waals surface area contributed by atoms with Gasteiger partial charge in [-0.25, -0.2) is 0 Å². The molecule has 27 heavy (non-hydrogen) atoms. The Morgan fingerprint density at radius 2 is 1.63 bits per heavy atom. The van der Waals surface area contributed by atoms with E-state index in [0.29, 0.717) is 6.42 Å². The molecule has 2 nitrogen and oxygen atoms in total. The van der Waals surface area contributed by atoms with Crippen LogP contribution in [0, 0.1) is 5.41 Å². The van der Waals surface area contributed by atoms with E-state index in [1.54, 1.807) is 0 Å². The van der Waals surface area contributed by atoms with E-state index in [1.807, 2.05) is 18.2 Å². The van der Waals surface area contributed by atoms with Crippen LogP contribution in [0.1, 0.15) is 43.9 Å². The number of allylic oxidation sites excluding steroid dienone is 1. The normalized spacial score (nSPS) is 20.8. The lowest BCUT2D eigenvalue weighted by atomic mass is 9.68. The quantitative estimate of drug-likeness (QED) is 0.568. The fraction of sp³-hybridized carbons (Fsp3) is 0.240. The van der Waals surface area contributed by atoms with Gasteiger partial charge in [-0.3, -0.25) is 4.79 Å². The van der Waals surface area contributed by atoms with Gasteiger partial charge in [0.05, 0.1) is 6.04 Å². The van der Waals surface area contributed by atoms with E-state index in [1.165, 1.54) is 21.9 Å². The standard InChI is InChI=1S/C25H23NO/c1-25(2)14-19-22-18-11-7-6-8-16(18)12-13-20(22)26-24(23(19)21(27)15-25)17-9-4-3-5-10-17/h3-13,24,26H,14-15H2,1-2H3/t24-/m1/s1. The number of ketones is 1. The van der Waals surface area contributed by atoms with Crippen LogP contribution in [-0.2, 0) is 4.79 Å². The van der Waals surface area contributed by atoms with Crippen LogP contribution >= 0.6 is 0 Å². The second kappa shape index (κ2) is 5.82. The van der Waals surface area contributed by atoms with Gasteiger partial charge in [0.25, 0.3) is 0 Å². The van der Waals surface area contributed by atoms with Gasteiger partial charge in [-0.1, -0.05) is 74.5 Å². The molecule has 1 aliphatic heterocycles. The second-order valence-corrected chi connectivity index (χ2v) is 8.53. The minimum atomic E-state index is -0.0709. The average Bonchev–Trinajstić information content (AvgIpc) is 2.66. The van der Waals surface area contributed by atoms with Crippen molar-refractivity contribution in [2.75, 3.05) is 5.32 Å². The zero-order valence-corrected chi connectivity index (χ0v) is 15.8. The van der Waals surface area contributed by atoms with Crippen molar-refractivity contribution in [3.63, 3.8) is 0 Å². The van der Waals surface area contributed by atoms with E-state index >= 15 is 0 Å². The van der Waals surface area contributed by atoms with Crippen LogP contribution in [0.4, 0.5) is 5.69 Å². The van der Waals surface area contributed by atoms with Gasteiger partial charge in [-0.15, -0.1) is 0 Å². The first-order chi connectivity index (χ1) is 13.0. The summed E-state index contributed by atoms with van der Waals surface area (Å²) < 4.78 is 0. The van der Waals surface area contributed by atoms with E-state index in [9.17, 15) is 4.79 Å². The van der Waals surface area contributed by atoms with Crippen molar-refractivity contribution < 1.29 is 4.79 Å². The molecule has 0 spiro atoms. The number of fused-ring (bicyclic) bond motifs is 4. The van der Waals surface area contributed by atoms with Crippen molar-refractivity contribution in [1.29, 1.82) is 0 Å². The van der Waals surface area contributed by atoms with Crippen LogP contribution in [-0.4, -0.2) is 5.78 Å². The highest BCUT2D eigenvalue weighted by Gasteiger charge is 2.40. The molecule has 0 saturated heterocycles. The fourth-order valence-corrected chi connectivity index (χ4v) is 4.73. The fourth-order valence-electron chi connectivity index (χ4n) is 4.73. The summed E-state index contributed by atoms with van der Waals surface area (Å²) >= 11 is 0. The van der Waals surface area contributed by atoms with Crippen LogP contribution in [0.5, 0.6) is 0 Å². The SMILES string of the molecule is CC1(C)CC(=O)C2=C(C1)c1c(ccc3ccccc13)N[C@@H]2c1ccccc1. The predicted molar refractivity (Wildman–Crippen MR) is 112 cm³/mol. The third kappa shape index (κ3) is 2.59. The molecule has 2 heteroatoms. The molecule has 5 rings (SSSR count). The Kier molecular flexibility index (Phi) is 3.51. The lowest BCUT2D eigenvalue weighted by molar-refractivity contribution is -0.118. The molecule has 1 atom stereocenters. The second-order valence-electron chi connectivity index (χ2n) is 8.53. The number of hydrogen-bond donors (Lipinski definition) is 1. The average molecular weight is 353 g/mol. The number of Topliss-reactive ketones (excluding diaryl/α,β-unsaturated/α-hetero) is 1. The summed E-state index contributed by atoms with van der Waals surface area (Å²) in [6.45, 7) is 4.41. The van der Waals surface area contributed by atoms with Gasteiger partial charge in [0.1, 0.15) is 0 Å². The molecule has 1 aliphatic carbocycles. The van der Waals surface area contributed by atoms with Gasteiger partial charge >= 0.3 is 0 Å². The van der Waals surface area contributed by atoms with Crippen LogP contribution in [0.2, 0.25) is 0 Å². The maximum absolute atomic E-state index is 13.3. The van der Waals surface area contributed by atoms with E-state index in [0.717, 1.165) is 23.2 Å². The van der Waals surface area contributed by atoms with Gasteiger partial charge in [0, 0.05) is 23.2 Å². The van der Waals surface area contributed by atoms with Gasteiger partial charge in [0.2, 0.25) is 0 Å². The molecular weight excluding hydrogens is 330 g/mol. The van der Waals surface area contributed by atoms with Gasteiger partial charge in [0.15, 0.2) is 5.78 Å². The number of carbonyl (C=O) groups excluding carboxylic acids is 1. The molecule has 1 heterocycles. The Labute approximate surface area is 159 Å². The summed E-state index contributed by atoms with van der Waals surface area (Å²) in [7, 11) is 0. The van der Waals surface area contributed by atoms with Crippen molar-refractivity contribution in [3.05, 3.63) is 83.4 Å². The number of rotatable bonds is 1. The van der Waals surface area contributed by atoms with Crippen molar-refractivity contribution in [3.8, 4) is 0 Å². The zero-order valence-electron chi connectivity index (χ0n) is 15.8. The van der Waals surface area contributed by atoms with Gasteiger partial charge < -0.3 is 5.32 Å². The van der Waals surface area contributed by atoms with E-state index in [2.05, 4.69) is 67.7 Å². The minimum Gasteiger partial charge on any atom is -0.373 e. The van der Waals surface area contributed by atoms with Crippen LogP contribution in [0.3, 0.4) is 0 Å². The number of benzene rings is 3. The lowest BCUT2D eigenvalue weighted by Crippen LogP contribution is -2.33. The predicted octanol–water partition coefficient (Wildman–Crippen LogP) is 6.15. The van der Waals surface area contributed by atoms with Crippen molar-refractivity contribution in [1.82, 2.24) is 0 Å². The molecule has 0 unspecified atom stereocenters. The Morgan fingerprint density at radius 1 is 0.889 bits per heavy atom. The molecular formula is C25H23NO. The number of nitrogens with one attached hydrogen (secondary N) is 1. The Bertz CT molecular complexity index is 1090. The summed E-state index contributed by atoms with van der Waals surface area (Å²) in [5.41, 5.74) is 5.68. The highest BCUT2D eigenvalue weighted by atomic mass is 16.1. The molecule has 0 bridgehead atoms. The summed E-state index contributed by atoms with van der Waals surface area (Å²) in [5.74, 6) is 0.279. The molecule has 3 aromatic carbocycles. The first kappa shape index (κ1) is 16.3. The van der Waals surface area contributed by atoms with Gasteiger partial charge in [-0.2, -0.15) is 0 Å². The Hall–Kier alpha value is -2.87. The number of hydrogen-bond acceptors (Lipinski definition) is 2. The summed E-state index contributed by atoms with van der Waals surface area (Å²) in [6.07, 6.45) is 1.54. The summed E-state index contributed by atoms with van der Waals surface area (Å²) in [5, 5.41) is 6.13. The van der Waals surface area contributed by atoms with Gasteiger partial charge in [-0.05, 0) is 39.8 Å². The van der Waals surface area contributed by atoms with Crippen molar-refractivity contribution >= 4 is 27.8 Å². The van der Waals surface area contributed by atoms with Crippen LogP contribution < -0.4 is 5.32 Å². The van der Waals surface area contributed by atoms with Crippen LogP contribution in [0.15, 0.2) is 72.3 Å². The third-order valence-electron chi connectivity index (χ3n) is 5.87. The van der Waals surface area contributed by atoms with Crippen LogP contribution in [0.25, 0.3) is 16.3 Å². The summed E-state index contributed by atoms with van der Waals surface area (Å²) in [4.78, 5) is 13.3. The molecule has 2 aliphatic rings. The lowest BCUT2D eigenvalue weighted by Gasteiger charge is -2.40. The van der Waals surface area contributed by atoms with Crippen molar-refractivity contribution in [2.45, 2.75) is 32.7 Å². The summed E-state index contributed by atoms with van der Waals surface area (Å²) in [6, 6.07) is 23.1. The number of carbonyl (C=O) groups is 1. The van der Waals surface area contributed by atoms with E-state index < -0.39 is 0 Å². The zero-order chi connectivity index (χ0) is 18.6. The Morgan fingerprint density at radius 3 is 2.44 bits per heavy atom. The largest absolute Gasteiger partial charge is 0.373 e. The highest BCUT2D eigenvalue weighted by molar-refractivity contribution is 6.12. The first-order valence-corrected chi connectivity index (χ1v) is 9.63.